The van der Waals surface area contributed by atoms with Gasteiger partial charge in [0.25, 0.3) is 5.56 Å². The summed E-state index contributed by atoms with van der Waals surface area (Å²) in [6.07, 6.45) is 0. The van der Waals surface area contributed by atoms with Crippen LogP contribution in [0.5, 0.6) is 0 Å². The Hall–Kier alpha value is -3.10. The number of morpholine rings is 1. The van der Waals surface area contributed by atoms with Crippen molar-refractivity contribution in [1.82, 2.24) is 18.9 Å². The molecule has 166 valence electrons. The summed E-state index contributed by atoms with van der Waals surface area (Å²) in [4.78, 5) is 20.8. The Morgan fingerprint density at radius 1 is 1.03 bits per heavy atom. The van der Waals surface area contributed by atoms with Gasteiger partial charge in [0.15, 0.2) is 5.13 Å². The molecule has 0 spiro atoms. The lowest BCUT2D eigenvalue weighted by atomic mass is 10.2. The Bertz CT molecular complexity index is 1320. The van der Waals surface area contributed by atoms with E-state index >= 15 is 0 Å². The quantitative estimate of drug-likeness (QED) is 0.475. The van der Waals surface area contributed by atoms with Crippen LogP contribution in [0.15, 0.2) is 46.6 Å². The van der Waals surface area contributed by atoms with E-state index in [1.54, 1.807) is 16.0 Å². The molecular formula is C24H27N5O2S. The first kappa shape index (κ1) is 20.8. The molecule has 0 atom stereocenters. The van der Waals surface area contributed by atoms with Crippen molar-refractivity contribution in [1.29, 1.82) is 0 Å². The third-order valence-corrected chi connectivity index (χ3v) is 7.13. The number of nitrogens with zero attached hydrogens (tertiary/aromatic N) is 5. The zero-order valence-electron chi connectivity index (χ0n) is 18.8. The molecule has 7 nitrogen and oxygen atoms in total. The summed E-state index contributed by atoms with van der Waals surface area (Å²) >= 11 is 1.66. The summed E-state index contributed by atoms with van der Waals surface area (Å²) < 4.78 is 11.2. The predicted octanol–water partition coefficient (Wildman–Crippen LogP) is 3.85. The first-order valence-electron chi connectivity index (χ1n) is 10.8. The summed E-state index contributed by atoms with van der Waals surface area (Å²) in [6.45, 7) is 9.32. The number of para-hydroxylation sites is 1. The SMILES string of the molecule is Cc1cc(-c2csc(N3CCOCC3)n2)c(C)n1-c1c(C)n(C)n(-c2ccccc2)c1=O. The number of anilines is 1. The van der Waals surface area contributed by atoms with Crippen LogP contribution in [0.1, 0.15) is 17.1 Å². The Balaban J connectivity index is 1.59. The fraction of sp³-hybridized carbons (Fsp3) is 0.333. The number of ether oxygens (including phenoxy) is 1. The summed E-state index contributed by atoms with van der Waals surface area (Å²) in [5.74, 6) is 0. The van der Waals surface area contributed by atoms with Gasteiger partial charge in [-0.15, -0.1) is 11.3 Å². The number of thiazole rings is 1. The molecule has 1 aliphatic heterocycles. The van der Waals surface area contributed by atoms with Gasteiger partial charge in [0.2, 0.25) is 0 Å². The van der Waals surface area contributed by atoms with E-state index in [1.807, 2.05) is 55.9 Å². The van der Waals surface area contributed by atoms with E-state index in [0.717, 1.165) is 65.5 Å². The Labute approximate surface area is 191 Å². The molecule has 1 aromatic carbocycles. The largest absolute Gasteiger partial charge is 0.378 e. The number of hydrogen-bond acceptors (Lipinski definition) is 5. The molecule has 4 heterocycles. The van der Waals surface area contributed by atoms with Gasteiger partial charge < -0.3 is 14.2 Å². The lowest BCUT2D eigenvalue weighted by Crippen LogP contribution is -2.36. The van der Waals surface area contributed by atoms with Crippen LogP contribution in [0, 0.1) is 20.8 Å². The predicted molar refractivity (Wildman–Crippen MR) is 129 cm³/mol. The zero-order chi connectivity index (χ0) is 22.4. The van der Waals surface area contributed by atoms with E-state index < -0.39 is 0 Å². The van der Waals surface area contributed by atoms with E-state index in [4.69, 9.17) is 9.72 Å². The van der Waals surface area contributed by atoms with E-state index in [9.17, 15) is 4.79 Å². The van der Waals surface area contributed by atoms with Crippen molar-refractivity contribution < 1.29 is 4.74 Å². The van der Waals surface area contributed by atoms with Crippen molar-refractivity contribution >= 4 is 16.5 Å². The molecule has 1 aliphatic rings. The van der Waals surface area contributed by atoms with Gasteiger partial charge in [0.1, 0.15) is 5.69 Å². The van der Waals surface area contributed by atoms with Gasteiger partial charge in [-0.3, -0.25) is 9.48 Å². The van der Waals surface area contributed by atoms with Crippen LogP contribution in [-0.2, 0) is 11.8 Å². The van der Waals surface area contributed by atoms with Crippen LogP contribution in [0.25, 0.3) is 22.6 Å². The Kier molecular flexibility index (Phi) is 5.27. The highest BCUT2D eigenvalue weighted by molar-refractivity contribution is 7.14. The minimum Gasteiger partial charge on any atom is -0.378 e. The molecule has 0 unspecified atom stereocenters. The molecule has 8 heteroatoms. The standard InChI is InChI=1S/C24H27N5O2S/c1-16-14-20(21-15-32-24(25-21)27-10-12-31-13-11-27)17(2)28(16)22-18(3)26(4)29(23(22)30)19-8-6-5-7-9-19/h5-9,14-15H,10-13H2,1-4H3. The molecule has 0 N–H and O–H groups in total. The van der Waals surface area contributed by atoms with Crippen LogP contribution in [-0.4, -0.2) is 45.2 Å². The van der Waals surface area contributed by atoms with Gasteiger partial charge in [-0.2, -0.15) is 0 Å². The Morgan fingerprint density at radius 2 is 1.75 bits per heavy atom. The summed E-state index contributed by atoms with van der Waals surface area (Å²) in [6, 6.07) is 11.9. The molecule has 0 aliphatic carbocycles. The molecule has 0 bridgehead atoms. The highest BCUT2D eigenvalue weighted by atomic mass is 32.1. The maximum absolute atomic E-state index is 13.6. The average Bonchev–Trinajstić information content (AvgIpc) is 3.46. The first-order chi connectivity index (χ1) is 15.5. The third kappa shape index (κ3) is 3.30. The van der Waals surface area contributed by atoms with Crippen molar-refractivity contribution in [2.24, 2.45) is 7.05 Å². The van der Waals surface area contributed by atoms with Crippen LogP contribution in [0.3, 0.4) is 0 Å². The second kappa shape index (κ2) is 8.11. The number of hydrogen-bond donors (Lipinski definition) is 0. The van der Waals surface area contributed by atoms with Crippen LogP contribution >= 0.6 is 11.3 Å². The molecule has 1 saturated heterocycles. The molecule has 5 rings (SSSR count). The number of rotatable bonds is 4. The van der Waals surface area contributed by atoms with Gasteiger partial charge >= 0.3 is 0 Å². The average molecular weight is 450 g/mol. The molecule has 3 aromatic heterocycles. The molecule has 32 heavy (non-hydrogen) atoms. The third-order valence-electron chi connectivity index (χ3n) is 6.23. The van der Waals surface area contributed by atoms with Crippen molar-refractivity contribution in [2.45, 2.75) is 20.8 Å². The topological polar surface area (TPSA) is 57.2 Å². The first-order valence-corrected chi connectivity index (χ1v) is 11.7. The van der Waals surface area contributed by atoms with Crippen LogP contribution in [0.2, 0.25) is 0 Å². The van der Waals surface area contributed by atoms with Gasteiger partial charge in [-0.1, -0.05) is 18.2 Å². The minimum absolute atomic E-state index is 0.0307. The van der Waals surface area contributed by atoms with E-state index in [0.29, 0.717) is 5.69 Å². The monoisotopic (exact) mass is 449 g/mol. The maximum Gasteiger partial charge on any atom is 0.295 e. The smallest absolute Gasteiger partial charge is 0.295 e. The second-order valence-corrected chi connectivity index (χ2v) is 8.98. The number of aromatic nitrogens is 4. The molecule has 0 amide bonds. The second-order valence-electron chi connectivity index (χ2n) is 8.15. The lowest BCUT2D eigenvalue weighted by molar-refractivity contribution is 0.122. The van der Waals surface area contributed by atoms with E-state index in [-0.39, 0.29) is 5.56 Å². The van der Waals surface area contributed by atoms with Crippen molar-refractivity contribution in [3.05, 3.63) is 69.2 Å². The summed E-state index contributed by atoms with van der Waals surface area (Å²) in [7, 11) is 1.93. The molecular weight excluding hydrogens is 422 g/mol. The molecule has 4 aromatic rings. The highest BCUT2D eigenvalue weighted by Gasteiger charge is 2.23. The molecule has 1 fully saturated rings. The minimum atomic E-state index is -0.0307. The zero-order valence-corrected chi connectivity index (χ0v) is 19.6. The number of aryl methyl sites for hydroxylation is 1. The highest BCUT2D eigenvalue weighted by Crippen LogP contribution is 2.33. The fourth-order valence-corrected chi connectivity index (χ4v) is 5.35. The summed E-state index contributed by atoms with van der Waals surface area (Å²) in [5, 5.41) is 3.13. The van der Waals surface area contributed by atoms with Crippen LogP contribution in [0.4, 0.5) is 5.13 Å². The van der Waals surface area contributed by atoms with Gasteiger partial charge in [-0.05, 0) is 39.0 Å². The van der Waals surface area contributed by atoms with Gasteiger partial charge in [0, 0.05) is 42.5 Å². The fourth-order valence-electron chi connectivity index (χ4n) is 4.47. The maximum atomic E-state index is 13.6. The Morgan fingerprint density at radius 3 is 2.47 bits per heavy atom. The van der Waals surface area contributed by atoms with Crippen molar-refractivity contribution in [2.75, 3.05) is 31.2 Å². The van der Waals surface area contributed by atoms with Crippen molar-refractivity contribution in [3.63, 3.8) is 0 Å². The van der Waals surface area contributed by atoms with Crippen molar-refractivity contribution in [3.8, 4) is 22.6 Å². The molecule has 0 radical (unpaired) electrons. The van der Waals surface area contributed by atoms with E-state index in [2.05, 4.69) is 27.8 Å². The number of benzene rings is 1. The van der Waals surface area contributed by atoms with E-state index in [1.165, 1.54) is 0 Å². The summed E-state index contributed by atoms with van der Waals surface area (Å²) in [5.41, 5.74) is 6.47. The van der Waals surface area contributed by atoms with Crippen LogP contribution < -0.4 is 10.5 Å². The molecule has 0 saturated carbocycles. The van der Waals surface area contributed by atoms with Gasteiger partial charge in [-0.25, -0.2) is 9.67 Å². The normalized spacial score (nSPS) is 14.3. The van der Waals surface area contributed by atoms with Gasteiger partial charge in [0.05, 0.1) is 30.3 Å². The lowest BCUT2D eigenvalue weighted by Gasteiger charge is -2.26.